The minimum Gasteiger partial charge on any atom is -0.397 e. The van der Waals surface area contributed by atoms with Gasteiger partial charge in [-0.2, -0.15) is 0 Å². The van der Waals surface area contributed by atoms with E-state index in [1.54, 1.807) is 18.5 Å². The van der Waals surface area contributed by atoms with Crippen LogP contribution < -0.4 is 5.73 Å². The van der Waals surface area contributed by atoms with Crippen LogP contribution in [0.4, 0.5) is 5.69 Å². The third kappa shape index (κ3) is 4.12. The second kappa shape index (κ2) is 8.41. The zero-order chi connectivity index (χ0) is 20.2. The number of hydrogen-bond acceptors (Lipinski definition) is 5. The second-order valence-electron chi connectivity index (χ2n) is 7.35. The third-order valence-corrected chi connectivity index (χ3v) is 5.51. The van der Waals surface area contributed by atoms with E-state index in [-0.39, 0.29) is 11.8 Å². The van der Waals surface area contributed by atoms with Crippen molar-refractivity contribution in [2.24, 2.45) is 5.92 Å². The zero-order valence-corrected chi connectivity index (χ0v) is 16.1. The summed E-state index contributed by atoms with van der Waals surface area (Å²) in [5.41, 5.74) is 9.54. The average molecular weight is 388 g/mol. The Balaban J connectivity index is 1.39. The Bertz CT molecular complexity index is 968. The number of likely N-dealkylation sites (tertiary alicyclic amines) is 1. The highest BCUT2D eigenvalue weighted by Crippen LogP contribution is 2.30. The maximum absolute atomic E-state index is 12.9. The SMILES string of the molecule is Nc1cccnc1-c1ccc(C(=O)N2CCC([C@@H](O)c3ccccn3)CC2)cc1. The first kappa shape index (κ1) is 19.1. The van der Waals surface area contributed by atoms with Gasteiger partial charge in [0.2, 0.25) is 0 Å². The maximum atomic E-state index is 12.9. The summed E-state index contributed by atoms with van der Waals surface area (Å²) in [5, 5.41) is 10.6. The number of amides is 1. The molecular formula is C23H24N4O2. The molecule has 4 rings (SSSR count). The van der Waals surface area contributed by atoms with Crippen molar-refractivity contribution in [3.8, 4) is 11.3 Å². The molecule has 6 nitrogen and oxygen atoms in total. The van der Waals surface area contributed by atoms with Gasteiger partial charge in [0.05, 0.1) is 23.2 Å². The highest BCUT2D eigenvalue weighted by molar-refractivity contribution is 5.95. The smallest absolute Gasteiger partial charge is 0.253 e. The molecule has 2 aromatic heterocycles. The van der Waals surface area contributed by atoms with Crippen LogP contribution in [0.2, 0.25) is 0 Å². The number of aliphatic hydroxyl groups is 1. The maximum Gasteiger partial charge on any atom is 0.253 e. The second-order valence-corrected chi connectivity index (χ2v) is 7.35. The van der Waals surface area contributed by atoms with E-state index in [9.17, 15) is 9.90 Å². The van der Waals surface area contributed by atoms with E-state index in [2.05, 4.69) is 9.97 Å². The molecule has 1 aliphatic heterocycles. The summed E-state index contributed by atoms with van der Waals surface area (Å²) in [6, 6.07) is 16.6. The minimum atomic E-state index is -0.587. The van der Waals surface area contributed by atoms with Crippen LogP contribution in [-0.4, -0.2) is 39.0 Å². The molecule has 0 unspecified atom stereocenters. The van der Waals surface area contributed by atoms with Gasteiger partial charge in [0.1, 0.15) is 0 Å². The van der Waals surface area contributed by atoms with Crippen molar-refractivity contribution in [3.05, 3.63) is 78.2 Å². The molecule has 1 fully saturated rings. The molecule has 1 amide bonds. The van der Waals surface area contributed by atoms with E-state index in [1.165, 1.54) is 0 Å². The summed E-state index contributed by atoms with van der Waals surface area (Å²) in [6.45, 7) is 1.25. The Kier molecular flexibility index (Phi) is 5.53. The van der Waals surface area contributed by atoms with Crippen molar-refractivity contribution in [1.29, 1.82) is 0 Å². The first-order valence-electron chi connectivity index (χ1n) is 9.82. The molecule has 0 aliphatic carbocycles. The van der Waals surface area contributed by atoms with Gasteiger partial charge in [-0.15, -0.1) is 0 Å². The topological polar surface area (TPSA) is 92.3 Å². The number of pyridine rings is 2. The molecule has 6 heteroatoms. The van der Waals surface area contributed by atoms with Gasteiger partial charge in [-0.1, -0.05) is 18.2 Å². The number of anilines is 1. The number of rotatable bonds is 4. The van der Waals surface area contributed by atoms with Crippen molar-refractivity contribution in [2.75, 3.05) is 18.8 Å². The number of nitrogen functional groups attached to an aromatic ring is 1. The van der Waals surface area contributed by atoms with Gasteiger partial charge in [-0.3, -0.25) is 14.8 Å². The fourth-order valence-corrected chi connectivity index (χ4v) is 3.82. The quantitative estimate of drug-likeness (QED) is 0.715. The normalized spacial score (nSPS) is 15.8. The summed E-state index contributed by atoms with van der Waals surface area (Å²) in [7, 11) is 0. The van der Waals surface area contributed by atoms with E-state index in [1.807, 2.05) is 53.4 Å². The molecule has 0 bridgehead atoms. The number of aromatic nitrogens is 2. The highest BCUT2D eigenvalue weighted by atomic mass is 16.3. The van der Waals surface area contributed by atoms with Crippen LogP contribution in [0.25, 0.3) is 11.3 Å². The largest absolute Gasteiger partial charge is 0.397 e. The van der Waals surface area contributed by atoms with E-state index in [0.29, 0.717) is 30.0 Å². The molecule has 1 aromatic carbocycles. The summed E-state index contributed by atoms with van der Waals surface area (Å²) in [5.74, 6) is 0.125. The minimum absolute atomic E-state index is 0.0105. The molecule has 0 saturated carbocycles. The van der Waals surface area contributed by atoms with Crippen molar-refractivity contribution in [1.82, 2.24) is 14.9 Å². The number of carbonyl (C=O) groups is 1. The van der Waals surface area contributed by atoms with Crippen LogP contribution in [0.1, 0.15) is 35.0 Å². The van der Waals surface area contributed by atoms with Gasteiger partial charge in [0.15, 0.2) is 0 Å². The first-order chi connectivity index (χ1) is 14.1. The Hall–Kier alpha value is -3.25. The predicted octanol–water partition coefficient (Wildman–Crippen LogP) is 3.31. The van der Waals surface area contributed by atoms with Gasteiger partial charge in [-0.05, 0) is 55.2 Å². The third-order valence-electron chi connectivity index (χ3n) is 5.51. The van der Waals surface area contributed by atoms with Gasteiger partial charge in [0, 0.05) is 36.6 Å². The molecule has 0 spiro atoms. The van der Waals surface area contributed by atoms with Crippen LogP contribution in [0.5, 0.6) is 0 Å². The number of nitrogens with zero attached hydrogens (tertiary/aromatic N) is 3. The van der Waals surface area contributed by atoms with E-state index in [4.69, 9.17) is 5.73 Å². The molecule has 1 saturated heterocycles. The van der Waals surface area contributed by atoms with E-state index < -0.39 is 6.10 Å². The Morgan fingerprint density at radius 3 is 2.38 bits per heavy atom. The average Bonchev–Trinajstić information content (AvgIpc) is 2.79. The molecular weight excluding hydrogens is 364 g/mol. The predicted molar refractivity (Wildman–Crippen MR) is 112 cm³/mol. The van der Waals surface area contributed by atoms with Gasteiger partial charge >= 0.3 is 0 Å². The number of piperidine rings is 1. The number of nitrogens with two attached hydrogens (primary N) is 1. The Labute approximate surface area is 170 Å². The summed E-state index contributed by atoms with van der Waals surface area (Å²) >= 11 is 0. The standard InChI is InChI=1S/C23H24N4O2/c24-19-4-3-13-26-21(19)16-6-8-18(9-7-16)23(29)27-14-10-17(11-15-27)22(28)20-5-1-2-12-25-20/h1-9,12-13,17,22,28H,10-11,14-15,24H2/t22-/m1/s1. The van der Waals surface area contributed by atoms with Crippen LogP contribution in [0.3, 0.4) is 0 Å². The van der Waals surface area contributed by atoms with E-state index >= 15 is 0 Å². The number of aliphatic hydroxyl groups excluding tert-OH is 1. The van der Waals surface area contributed by atoms with Gasteiger partial charge < -0.3 is 15.7 Å². The molecule has 3 N–H and O–H groups in total. The van der Waals surface area contributed by atoms with Crippen LogP contribution >= 0.6 is 0 Å². The highest BCUT2D eigenvalue weighted by Gasteiger charge is 2.29. The molecule has 29 heavy (non-hydrogen) atoms. The van der Waals surface area contributed by atoms with Crippen LogP contribution in [0.15, 0.2) is 67.0 Å². The van der Waals surface area contributed by atoms with Crippen molar-refractivity contribution in [3.63, 3.8) is 0 Å². The number of carbonyl (C=O) groups excluding carboxylic acids is 1. The number of hydrogen-bond donors (Lipinski definition) is 2. The van der Waals surface area contributed by atoms with Crippen LogP contribution in [0, 0.1) is 5.92 Å². The lowest BCUT2D eigenvalue weighted by atomic mass is 9.89. The van der Waals surface area contributed by atoms with Gasteiger partial charge in [-0.25, -0.2) is 0 Å². The monoisotopic (exact) mass is 388 g/mol. The molecule has 148 valence electrons. The lowest BCUT2D eigenvalue weighted by Gasteiger charge is -2.34. The lowest BCUT2D eigenvalue weighted by molar-refractivity contribution is 0.0447. The van der Waals surface area contributed by atoms with Crippen molar-refractivity contribution < 1.29 is 9.90 Å². The Morgan fingerprint density at radius 2 is 1.72 bits per heavy atom. The summed E-state index contributed by atoms with van der Waals surface area (Å²) in [6.07, 6.45) is 4.32. The lowest BCUT2D eigenvalue weighted by Crippen LogP contribution is -2.39. The summed E-state index contributed by atoms with van der Waals surface area (Å²) in [4.78, 5) is 23.3. The summed E-state index contributed by atoms with van der Waals surface area (Å²) < 4.78 is 0. The zero-order valence-electron chi connectivity index (χ0n) is 16.1. The molecule has 3 heterocycles. The molecule has 1 aliphatic rings. The number of benzene rings is 1. The molecule has 3 aromatic rings. The van der Waals surface area contributed by atoms with Crippen molar-refractivity contribution in [2.45, 2.75) is 18.9 Å². The first-order valence-corrected chi connectivity index (χ1v) is 9.82. The Morgan fingerprint density at radius 1 is 1.00 bits per heavy atom. The van der Waals surface area contributed by atoms with Crippen LogP contribution in [-0.2, 0) is 0 Å². The molecule has 0 radical (unpaired) electrons. The van der Waals surface area contributed by atoms with E-state index in [0.717, 1.165) is 24.1 Å². The van der Waals surface area contributed by atoms with Gasteiger partial charge in [0.25, 0.3) is 5.91 Å². The van der Waals surface area contributed by atoms with Crippen molar-refractivity contribution >= 4 is 11.6 Å². The molecule has 1 atom stereocenters. The fraction of sp³-hybridized carbons (Fsp3) is 0.261. The fourth-order valence-electron chi connectivity index (χ4n) is 3.82.